The highest BCUT2D eigenvalue weighted by atomic mass is 35.5. The van der Waals surface area contributed by atoms with E-state index in [1.807, 2.05) is 24.3 Å². The summed E-state index contributed by atoms with van der Waals surface area (Å²) < 4.78 is 6.20. The largest absolute Gasteiger partial charge is 0.373 e. The van der Waals surface area contributed by atoms with Crippen molar-refractivity contribution in [3.63, 3.8) is 0 Å². The Kier molecular flexibility index (Phi) is 4.59. The van der Waals surface area contributed by atoms with Crippen molar-refractivity contribution < 1.29 is 4.74 Å². The Hall–Kier alpha value is -0.240. The van der Waals surface area contributed by atoms with Crippen molar-refractivity contribution in [3.05, 3.63) is 34.9 Å². The van der Waals surface area contributed by atoms with Crippen LogP contribution in [-0.4, -0.2) is 11.5 Å². The predicted octanol–water partition coefficient (Wildman–Crippen LogP) is 5.58. The van der Waals surface area contributed by atoms with Gasteiger partial charge >= 0.3 is 0 Å². The van der Waals surface area contributed by atoms with Crippen LogP contribution in [0.2, 0.25) is 5.02 Å². The number of halogens is 2. The van der Waals surface area contributed by atoms with E-state index in [2.05, 4.69) is 0 Å². The molecule has 2 saturated carbocycles. The maximum absolute atomic E-state index is 6.56. The van der Waals surface area contributed by atoms with E-state index in [-0.39, 0.29) is 5.41 Å². The van der Waals surface area contributed by atoms with Crippen molar-refractivity contribution in [2.45, 2.75) is 63.0 Å². The van der Waals surface area contributed by atoms with Crippen molar-refractivity contribution in [1.29, 1.82) is 0 Å². The van der Waals surface area contributed by atoms with Crippen LogP contribution in [0, 0.1) is 5.41 Å². The average molecular weight is 313 g/mol. The van der Waals surface area contributed by atoms with E-state index in [1.54, 1.807) is 0 Å². The van der Waals surface area contributed by atoms with E-state index in [0.717, 1.165) is 11.4 Å². The first-order valence-corrected chi connectivity index (χ1v) is 8.52. The van der Waals surface area contributed by atoms with Crippen LogP contribution in [0.3, 0.4) is 0 Å². The van der Waals surface area contributed by atoms with E-state index in [0.29, 0.717) is 18.1 Å². The second kappa shape index (κ2) is 6.25. The van der Waals surface area contributed by atoms with Gasteiger partial charge in [-0.1, -0.05) is 49.4 Å². The standard InChI is InChI=1S/C17H22Cl2O/c18-14-7-5-13(6-8-14)12-20-16-11-15(19)17(16)9-3-1-2-4-10-17/h5-8,15-16H,1-4,9-12H2. The molecule has 1 aromatic carbocycles. The summed E-state index contributed by atoms with van der Waals surface area (Å²) in [5.41, 5.74) is 1.45. The molecule has 0 heterocycles. The summed E-state index contributed by atoms with van der Waals surface area (Å²) in [4.78, 5) is 0. The summed E-state index contributed by atoms with van der Waals surface area (Å²) in [6.45, 7) is 0.674. The van der Waals surface area contributed by atoms with Crippen LogP contribution >= 0.6 is 23.2 Å². The quantitative estimate of drug-likeness (QED) is 0.662. The average Bonchev–Trinajstić information content (AvgIpc) is 2.73. The van der Waals surface area contributed by atoms with Crippen LogP contribution in [-0.2, 0) is 11.3 Å². The Morgan fingerprint density at radius 1 is 1.05 bits per heavy atom. The number of alkyl halides is 1. The zero-order valence-electron chi connectivity index (χ0n) is 11.8. The molecular formula is C17H22Cl2O. The van der Waals surface area contributed by atoms with Gasteiger partial charge < -0.3 is 4.74 Å². The summed E-state index contributed by atoms with van der Waals surface area (Å²) in [6, 6.07) is 7.93. The van der Waals surface area contributed by atoms with Crippen molar-refractivity contribution in [2.75, 3.05) is 0 Å². The third-order valence-electron chi connectivity index (χ3n) is 5.08. The van der Waals surface area contributed by atoms with Gasteiger partial charge in [0.15, 0.2) is 0 Å². The van der Waals surface area contributed by atoms with E-state index in [9.17, 15) is 0 Å². The summed E-state index contributed by atoms with van der Waals surface area (Å²) >= 11 is 12.5. The summed E-state index contributed by atoms with van der Waals surface area (Å²) in [5.74, 6) is 0. The Morgan fingerprint density at radius 3 is 2.30 bits per heavy atom. The smallest absolute Gasteiger partial charge is 0.0720 e. The molecule has 0 amide bonds. The summed E-state index contributed by atoms with van der Waals surface area (Å²) in [7, 11) is 0. The van der Waals surface area contributed by atoms with E-state index in [4.69, 9.17) is 27.9 Å². The number of hydrogen-bond acceptors (Lipinski definition) is 1. The third-order valence-corrected chi connectivity index (χ3v) is 5.95. The number of hydrogen-bond donors (Lipinski definition) is 0. The SMILES string of the molecule is Clc1ccc(COC2CC(Cl)C23CCCCCC3)cc1. The summed E-state index contributed by atoms with van der Waals surface area (Å²) in [6.07, 6.45) is 9.17. The van der Waals surface area contributed by atoms with Gasteiger partial charge in [0.2, 0.25) is 0 Å². The number of rotatable bonds is 3. The Morgan fingerprint density at radius 2 is 1.70 bits per heavy atom. The van der Waals surface area contributed by atoms with Gasteiger partial charge in [-0.25, -0.2) is 0 Å². The molecule has 0 saturated heterocycles. The van der Waals surface area contributed by atoms with Crippen LogP contribution in [0.4, 0.5) is 0 Å². The molecule has 2 aliphatic carbocycles. The van der Waals surface area contributed by atoms with Gasteiger partial charge in [0, 0.05) is 15.8 Å². The lowest BCUT2D eigenvalue weighted by Gasteiger charge is -2.53. The van der Waals surface area contributed by atoms with Crippen molar-refractivity contribution >= 4 is 23.2 Å². The highest BCUT2D eigenvalue weighted by Gasteiger charge is 2.54. The zero-order chi connectivity index (χ0) is 14.0. The lowest BCUT2D eigenvalue weighted by atomic mass is 9.61. The fourth-order valence-corrected chi connectivity index (χ4v) is 4.38. The normalized spacial score (nSPS) is 28.9. The molecule has 2 atom stereocenters. The molecule has 0 radical (unpaired) electrons. The topological polar surface area (TPSA) is 9.23 Å². The Bertz CT molecular complexity index is 435. The van der Waals surface area contributed by atoms with Crippen LogP contribution in [0.15, 0.2) is 24.3 Å². The van der Waals surface area contributed by atoms with E-state index >= 15 is 0 Å². The Labute approximate surface area is 131 Å². The summed E-state index contributed by atoms with van der Waals surface area (Å²) in [5, 5.41) is 1.09. The minimum absolute atomic E-state index is 0.254. The molecule has 1 nitrogen and oxygen atoms in total. The molecule has 2 fully saturated rings. The molecular weight excluding hydrogens is 291 g/mol. The predicted molar refractivity (Wildman–Crippen MR) is 84.4 cm³/mol. The monoisotopic (exact) mass is 312 g/mol. The second-order valence-corrected chi connectivity index (χ2v) is 7.24. The van der Waals surface area contributed by atoms with Crippen molar-refractivity contribution in [1.82, 2.24) is 0 Å². The third kappa shape index (κ3) is 2.86. The van der Waals surface area contributed by atoms with E-state index < -0.39 is 0 Å². The lowest BCUT2D eigenvalue weighted by molar-refractivity contribution is -0.122. The second-order valence-electron chi connectivity index (χ2n) is 6.28. The van der Waals surface area contributed by atoms with E-state index in [1.165, 1.54) is 44.1 Å². The van der Waals surface area contributed by atoms with Crippen LogP contribution in [0.5, 0.6) is 0 Å². The maximum atomic E-state index is 6.56. The number of benzene rings is 1. The zero-order valence-corrected chi connectivity index (χ0v) is 13.3. The maximum Gasteiger partial charge on any atom is 0.0720 e. The van der Waals surface area contributed by atoms with Gasteiger partial charge in [0.1, 0.15) is 0 Å². The molecule has 3 heteroatoms. The van der Waals surface area contributed by atoms with Gasteiger partial charge in [-0.15, -0.1) is 11.6 Å². The first-order valence-electron chi connectivity index (χ1n) is 7.71. The molecule has 110 valence electrons. The first-order chi connectivity index (χ1) is 9.71. The molecule has 1 spiro atoms. The fourth-order valence-electron chi connectivity index (χ4n) is 3.73. The van der Waals surface area contributed by atoms with Crippen molar-refractivity contribution in [2.24, 2.45) is 5.41 Å². The van der Waals surface area contributed by atoms with Gasteiger partial charge in [0.05, 0.1) is 12.7 Å². The van der Waals surface area contributed by atoms with Gasteiger partial charge in [-0.05, 0) is 37.0 Å². The van der Waals surface area contributed by atoms with Gasteiger partial charge in [-0.3, -0.25) is 0 Å². The highest BCUT2D eigenvalue weighted by Crippen LogP contribution is 2.55. The molecule has 0 aliphatic heterocycles. The molecule has 0 bridgehead atoms. The minimum atomic E-state index is 0.254. The molecule has 3 rings (SSSR count). The molecule has 0 N–H and O–H groups in total. The minimum Gasteiger partial charge on any atom is -0.373 e. The number of ether oxygens (including phenoxy) is 1. The lowest BCUT2D eigenvalue weighted by Crippen LogP contribution is -2.55. The van der Waals surface area contributed by atoms with Crippen molar-refractivity contribution in [3.8, 4) is 0 Å². The first kappa shape index (κ1) is 14.7. The molecule has 1 aromatic rings. The van der Waals surface area contributed by atoms with Crippen LogP contribution in [0.25, 0.3) is 0 Å². The van der Waals surface area contributed by atoms with Gasteiger partial charge in [-0.2, -0.15) is 0 Å². The molecule has 2 aliphatic rings. The van der Waals surface area contributed by atoms with Gasteiger partial charge in [0.25, 0.3) is 0 Å². The Balaban J connectivity index is 1.61. The molecule has 2 unspecified atom stereocenters. The fraction of sp³-hybridized carbons (Fsp3) is 0.647. The van der Waals surface area contributed by atoms with Crippen LogP contribution < -0.4 is 0 Å². The molecule has 20 heavy (non-hydrogen) atoms. The molecule has 0 aromatic heterocycles. The highest BCUT2D eigenvalue weighted by molar-refractivity contribution is 6.30. The van der Waals surface area contributed by atoms with Crippen LogP contribution in [0.1, 0.15) is 50.5 Å².